The Morgan fingerprint density at radius 3 is 1.76 bits per heavy atom. The van der Waals surface area contributed by atoms with Gasteiger partial charge >= 0.3 is 5.97 Å². The molecule has 2 unspecified atom stereocenters. The molecule has 0 radical (unpaired) electrons. The number of unbranched alkanes of at least 4 members (excludes halogenated alkanes) is 2. The Kier molecular flexibility index (Phi) is 11.7. The molecule has 10 nitrogen and oxygen atoms in total. The molecule has 0 aliphatic heterocycles. The molecule has 0 heterocycles. The minimum Gasteiger partial charge on any atom is -0.755 e. The van der Waals surface area contributed by atoms with Crippen molar-refractivity contribution >= 4 is 51.3 Å². The molecule has 0 fully saturated rings. The average Bonchev–Trinajstić information content (AvgIpc) is 3.02. The van der Waals surface area contributed by atoms with Crippen LogP contribution in [0, 0.1) is 13.8 Å². The highest BCUT2D eigenvalue weighted by molar-refractivity contribution is 7.81. The number of carbonyl (C=O) groups is 1. The van der Waals surface area contributed by atoms with E-state index in [0.717, 1.165) is 39.0 Å². The first-order valence-corrected chi connectivity index (χ1v) is 16.3. The van der Waals surface area contributed by atoms with Gasteiger partial charge in [0.1, 0.15) is 17.2 Å². The number of hydrogen-bond acceptors (Lipinski definition) is 8. The Morgan fingerprint density at radius 1 is 0.733 bits per heavy atom. The van der Waals surface area contributed by atoms with Gasteiger partial charge in [-0.25, -0.2) is 4.79 Å². The number of rotatable bonds is 14. The molecule has 0 aliphatic carbocycles. The first-order valence-electron chi connectivity index (χ1n) is 14.2. The van der Waals surface area contributed by atoms with Gasteiger partial charge < -0.3 is 23.3 Å². The maximum Gasteiger partial charge on any atom is 0.340 e. The second-order valence-electron chi connectivity index (χ2n) is 10.2. The van der Waals surface area contributed by atoms with Crippen molar-refractivity contribution in [3.05, 3.63) is 102 Å². The highest BCUT2D eigenvalue weighted by Crippen LogP contribution is 2.40. The summed E-state index contributed by atoms with van der Waals surface area (Å²) in [5.74, 6) is 0.0359. The third-order valence-corrected chi connectivity index (χ3v) is 8.23. The lowest BCUT2D eigenvalue weighted by atomic mass is 10.1. The molecule has 4 aromatic carbocycles. The van der Waals surface area contributed by atoms with E-state index in [-0.39, 0.29) is 22.7 Å². The second-order valence-corrected chi connectivity index (χ2v) is 11.8. The largest absolute Gasteiger partial charge is 0.755 e. The first kappa shape index (κ1) is 33.7. The maximum atomic E-state index is 12.8. The summed E-state index contributed by atoms with van der Waals surface area (Å²) in [6.07, 6.45) is 2.70. The van der Waals surface area contributed by atoms with E-state index < -0.39 is 28.5 Å². The van der Waals surface area contributed by atoms with Gasteiger partial charge in [-0.15, -0.1) is 0 Å². The fourth-order valence-corrected chi connectivity index (χ4v) is 5.73. The van der Waals surface area contributed by atoms with E-state index >= 15 is 0 Å². The molecule has 2 atom stereocenters. The number of esters is 1. The van der Waals surface area contributed by atoms with Crippen molar-refractivity contribution in [2.24, 2.45) is 0 Å². The Balaban J connectivity index is 1.72. The molecule has 238 valence electrons. The van der Waals surface area contributed by atoms with Gasteiger partial charge in [0.05, 0.1) is 64.6 Å². The molecule has 45 heavy (non-hydrogen) atoms. The number of hydrogen-bond donors (Lipinski definition) is 0. The third-order valence-electron chi connectivity index (χ3n) is 6.82. The minimum absolute atomic E-state index is 0.0419. The molecule has 12 heteroatoms. The number of anilines is 4. The number of aryl methyl sites for hydroxylation is 2. The van der Waals surface area contributed by atoms with Crippen LogP contribution < -0.4 is 18.1 Å². The Bertz CT molecular complexity index is 1660. The zero-order chi connectivity index (χ0) is 32.5. The molecule has 0 aliphatic rings. The Morgan fingerprint density at radius 2 is 1.24 bits per heavy atom. The third kappa shape index (κ3) is 8.49. The van der Waals surface area contributed by atoms with Crippen LogP contribution in [0.25, 0.3) is 0 Å². The second kappa shape index (κ2) is 15.7. The quantitative estimate of drug-likeness (QED) is 0.0788. The van der Waals surface area contributed by atoms with Crippen LogP contribution in [0.1, 0.15) is 47.7 Å². The summed E-state index contributed by atoms with van der Waals surface area (Å²) in [6.45, 7) is 6.22. The van der Waals surface area contributed by atoms with E-state index in [1.54, 1.807) is 54.6 Å². The van der Waals surface area contributed by atoms with Crippen LogP contribution in [-0.2, 0) is 27.3 Å². The zero-order valence-corrected chi connectivity index (χ0v) is 27.0. The number of ether oxygens (including phenoxy) is 3. The van der Waals surface area contributed by atoms with E-state index in [9.17, 15) is 22.3 Å². The lowest BCUT2D eigenvalue weighted by molar-refractivity contribution is 0.0601. The van der Waals surface area contributed by atoms with Crippen LogP contribution in [-0.4, -0.2) is 37.2 Å². The summed E-state index contributed by atoms with van der Waals surface area (Å²) >= 11 is -5.42. The number of methoxy groups -OCH3 is 1. The van der Waals surface area contributed by atoms with Gasteiger partial charge in [-0.3, -0.25) is 17.0 Å². The molecule has 0 spiro atoms. The van der Waals surface area contributed by atoms with Crippen LogP contribution in [0.3, 0.4) is 0 Å². The van der Waals surface area contributed by atoms with Gasteiger partial charge in [-0.2, -0.15) is 0 Å². The molecule has 4 rings (SSSR count). The molecular formula is C33H34N2O8S2-2. The maximum absolute atomic E-state index is 12.8. The van der Waals surface area contributed by atoms with E-state index in [1.807, 2.05) is 26.0 Å². The normalized spacial score (nSPS) is 12.2. The van der Waals surface area contributed by atoms with Crippen molar-refractivity contribution in [1.82, 2.24) is 0 Å². The lowest BCUT2D eigenvalue weighted by Gasteiger charge is -2.29. The van der Waals surface area contributed by atoms with Crippen LogP contribution in [0.4, 0.5) is 22.7 Å². The predicted molar refractivity (Wildman–Crippen MR) is 174 cm³/mol. The molecule has 0 saturated carbocycles. The highest BCUT2D eigenvalue weighted by atomic mass is 32.2. The molecular weight excluding hydrogens is 617 g/mol. The van der Waals surface area contributed by atoms with Gasteiger partial charge in [-0.1, -0.05) is 55.2 Å². The Hall–Kier alpha value is -4.23. The molecule has 4 aromatic rings. The standard InChI is InChI=1S/C33H36N2O8S2/c1-5-6-7-20-42-32-22-28(17-19-31(32)35(45(39)40)26-14-10-24(3)11-15-26)43-27-16-18-30(29(21-27)33(36)41-4)34(44(37)38)25-12-8-23(2)9-13-25/h8-19,21-22H,5-7,20H2,1-4H3,(H,37,38)(H,39,40)/p-2. The van der Waals surface area contributed by atoms with Crippen molar-refractivity contribution in [2.75, 3.05) is 22.3 Å². The topological polar surface area (TPSA) is 132 Å². The van der Waals surface area contributed by atoms with E-state index in [1.165, 1.54) is 25.3 Å². The van der Waals surface area contributed by atoms with Gasteiger partial charge in [0.2, 0.25) is 0 Å². The smallest absolute Gasteiger partial charge is 0.340 e. The summed E-state index contributed by atoms with van der Waals surface area (Å²) in [5.41, 5.74) is 3.03. The van der Waals surface area contributed by atoms with Gasteiger partial charge in [0.25, 0.3) is 0 Å². The summed E-state index contributed by atoms with van der Waals surface area (Å²) in [7, 11) is 1.20. The molecule has 0 aromatic heterocycles. The summed E-state index contributed by atoms with van der Waals surface area (Å²) < 4.78 is 68.7. The van der Waals surface area contributed by atoms with Crippen LogP contribution >= 0.6 is 0 Å². The monoisotopic (exact) mass is 650 g/mol. The van der Waals surface area contributed by atoms with Crippen molar-refractivity contribution < 1.29 is 36.5 Å². The van der Waals surface area contributed by atoms with Crippen molar-refractivity contribution in [3.8, 4) is 17.2 Å². The fraction of sp³-hybridized carbons (Fsp3) is 0.242. The van der Waals surface area contributed by atoms with E-state index in [0.29, 0.717) is 29.4 Å². The zero-order valence-electron chi connectivity index (χ0n) is 25.4. The average molecular weight is 651 g/mol. The number of nitrogens with zero attached hydrogens (tertiary/aromatic N) is 2. The summed E-state index contributed by atoms with van der Waals surface area (Å²) in [4.78, 5) is 12.8. The summed E-state index contributed by atoms with van der Waals surface area (Å²) in [5, 5.41) is 0. The van der Waals surface area contributed by atoms with Crippen molar-refractivity contribution in [3.63, 3.8) is 0 Å². The number of carbonyl (C=O) groups excluding carboxylic acids is 1. The number of benzene rings is 4. The van der Waals surface area contributed by atoms with Crippen molar-refractivity contribution in [1.29, 1.82) is 0 Å². The molecule has 0 N–H and O–H groups in total. The molecule has 0 saturated heterocycles. The van der Waals surface area contributed by atoms with Gasteiger partial charge in [0.15, 0.2) is 0 Å². The van der Waals surface area contributed by atoms with Crippen LogP contribution in [0.15, 0.2) is 84.9 Å². The van der Waals surface area contributed by atoms with Crippen LogP contribution in [0.5, 0.6) is 17.2 Å². The highest BCUT2D eigenvalue weighted by Gasteiger charge is 2.22. The summed E-state index contributed by atoms with van der Waals surface area (Å²) in [6, 6.07) is 22.9. The Labute approximate surface area is 268 Å². The van der Waals surface area contributed by atoms with Gasteiger partial charge in [0, 0.05) is 6.07 Å². The first-order chi connectivity index (χ1) is 21.6. The van der Waals surface area contributed by atoms with E-state index in [4.69, 9.17) is 14.2 Å². The minimum atomic E-state index is -2.76. The van der Waals surface area contributed by atoms with Crippen LogP contribution in [0.2, 0.25) is 0 Å². The van der Waals surface area contributed by atoms with Gasteiger partial charge in [-0.05, 0) is 74.9 Å². The molecule has 0 amide bonds. The fourth-order valence-electron chi connectivity index (χ4n) is 4.51. The van der Waals surface area contributed by atoms with Crippen molar-refractivity contribution in [2.45, 2.75) is 40.0 Å². The molecule has 0 bridgehead atoms. The predicted octanol–water partition coefficient (Wildman–Crippen LogP) is 7.32. The van der Waals surface area contributed by atoms with E-state index in [2.05, 4.69) is 6.92 Å². The SMILES string of the molecule is CCCCCOc1cc(Oc2ccc(N(c3ccc(C)cc3)S(=O)[O-])c(C(=O)OC)c2)ccc1N(c1ccc(C)cc1)S(=O)[O-]. The lowest BCUT2D eigenvalue weighted by Crippen LogP contribution is -2.22.